The van der Waals surface area contributed by atoms with Crippen molar-refractivity contribution in [2.45, 2.75) is 12.8 Å². The van der Waals surface area contributed by atoms with E-state index in [1.165, 1.54) is 0 Å². The van der Waals surface area contributed by atoms with Crippen LogP contribution in [0.2, 0.25) is 5.02 Å². The second-order valence-electron chi connectivity index (χ2n) is 7.08. The summed E-state index contributed by atoms with van der Waals surface area (Å²) in [7, 11) is 1.97. The highest BCUT2D eigenvalue weighted by atomic mass is 35.5. The highest BCUT2D eigenvalue weighted by molar-refractivity contribution is 6.30. The van der Waals surface area contributed by atoms with Gasteiger partial charge in [-0.3, -0.25) is 4.79 Å². The van der Waals surface area contributed by atoms with Crippen molar-refractivity contribution >= 4 is 29.9 Å². The van der Waals surface area contributed by atoms with Crippen molar-refractivity contribution in [2.75, 3.05) is 26.7 Å². The van der Waals surface area contributed by atoms with Crippen molar-refractivity contribution in [1.82, 2.24) is 20.0 Å². The van der Waals surface area contributed by atoms with E-state index in [1.54, 1.807) is 17.0 Å². The second kappa shape index (κ2) is 9.48. The number of piperidine rings is 1. The zero-order chi connectivity index (χ0) is 19.5. The highest BCUT2D eigenvalue weighted by Crippen LogP contribution is 2.27. The molecular weight excluding hydrogens is 411 g/mol. The topological polar surface area (TPSA) is 63.3 Å². The molecule has 1 N–H and O–H groups in total. The third-order valence-corrected chi connectivity index (χ3v) is 5.38. The fourth-order valence-electron chi connectivity index (χ4n) is 3.68. The Morgan fingerprint density at radius 3 is 2.69 bits per heavy atom. The van der Waals surface area contributed by atoms with Crippen LogP contribution in [0.1, 0.15) is 23.3 Å². The van der Waals surface area contributed by atoms with Gasteiger partial charge < -0.3 is 14.6 Å². The zero-order valence-electron chi connectivity index (χ0n) is 16.2. The Hall–Kier alpha value is -2.28. The lowest BCUT2D eigenvalue weighted by molar-refractivity contribution is 0.0684. The standard InChI is InChI=1S/C21H23ClN4O2.ClH/c1-23-14-15-7-9-25(10-8-15)21(27)18-13-19(20-6-3-11-28-20)26(24-18)17-5-2-4-16(22)12-17;/h2-6,11-13,15,23H,7-10,14H2,1H3;1H. The van der Waals surface area contributed by atoms with Gasteiger partial charge in [0.1, 0.15) is 5.69 Å². The number of rotatable bonds is 5. The molecule has 8 heteroatoms. The predicted octanol–water partition coefficient (Wildman–Crippen LogP) is 4.28. The van der Waals surface area contributed by atoms with E-state index in [9.17, 15) is 4.79 Å². The van der Waals surface area contributed by atoms with Crippen LogP contribution in [0.4, 0.5) is 0 Å². The van der Waals surface area contributed by atoms with E-state index in [4.69, 9.17) is 16.0 Å². The van der Waals surface area contributed by atoms with Crippen LogP contribution in [0, 0.1) is 5.92 Å². The summed E-state index contributed by atoms with van der Waals surface area (Å²) in [6, 6.07) is 12.9. The Morgan fingerprint density at radius 2 is 2.03 bits per heavy atom. The molecule has 1 aliphatic rings. The number of furan rings is 1. The van der Waals surface area contributed by atoms with E-state index in [2.05, 4.69) is 10.4 Å². The second-order valence-corrected chi connectivity index (χ2v) is 7.51. The normalized spacial score (nSPS) is 14.6. The molecule has 0 radical (unpaired) electrons. The molecule has 2 aromatic heterocycles. The zero-order valence-corrected chi connectivity index (χ0v) is 17.7. The average molecular weight is 435 g/mol. The van der Waals surface area contributed by atoms with Crippen LogP contribution in [0.15, 0.2) is 53.1 Å². The maximum absolute atomic E-state index is 13.1. The van der Waals surface area contributed by atoms with Gasteiger partial charge in [0.05, 0.1) is 12.0 Å². The quantitative estimate of drug-likeness (QED) is 0.650. The van der Waals surface area contributed by atoms with Crippen molar-refractivity contribution in [3.05, 3.63) is 59.4 Å². The summed E-state index contributed by atoms with van der Waals surface area (Å²) in [6.45, 7) is 2.50. The number of aromatic nitrogens is 2. The number of nitrogens with zero attached hydrogens (tertiary/aromatic N) is 3. The summed E-state index contributed by atoms with van der Waals surface area (Å²) < 4.78 is 7.28. The SMILES string of the molecule is CNCC1CCN(C(=O)c2cc(-c3ccco3)n(-c3cccc(Cl)c3)n2)CC1.Cl. The summed E-state index contributed by atoms with van der Waals surface area (Å²) in [4.78, 5) is 15.0. The predicted molar refractivity (Wildman–Crippen MR) is 116 cm³/mol. The Bertz CT molecular complexity index is 948. The molecule has 154 valence electrons. The van der Waals surface area contributed by atoms with Gasteiger partial charge in [0, 0.05) is 24.2 Å². The lowest BCUT2D eigenvalue weighted by atomic mass is 9.96. The first-order valence-electron chi connectivity index (χ1n) is 9.49. The largest absolute Gasteiger partial charge is 0.463 e. The summed E-state index contributed by atoms with van der Waals surface area (Å²) in [5.41, 5.74) is 1.92. The third kappa shape index (κ3) is 4.66. The molecule has 1 saturated heterocycles. The molecule has 4 rings (SSSR count). The summed E-state index contributed by atoms with van der Waals surface area (Å²) in [6.07, 6.45) is 3.62. The molecule has 0 bridgehead atoms. The molecule has 1 aliphatic heterocycles. The lowest BCUT2D eigenvalue weighted by Crippen LogP contribution is -2.40. The van der Waals surface area contributed by atoms with Crippen molar-refractivity contribution < 1.29 is 9.21 Å². The molecule has 1 amide bonds. The number of amides is 1. The molecule has 0 atom stereocenters. The smallest absolute Gasteiger partial charge is 0.274 e. The van der Waals surface area contributed by atoms with E-state index < -0.39 is 0 Å². The monoisotopic (exact) mass is 434 g/mol. The minimum atomic E-state index is -0.0449. The van der Waals surface area contributed by atoms with Gasteiger partial charge in [0.15, 0.2) is 11.5 Å². The minimum absolute atomic E-state index is 0. The number of hydrogen-bond donors (Lipinski definition) is 1. The van der Waals surface area contributed by atoms with Gasteiger partial charge in [-0.15, -0.1) is 12.4 Å². The average Bonchev–Trinajstić information content (AvgIpc) is 3.38. The number of benzene rings is 1. The fourth-order valence-corrected chi connectivity index (χ4v) is 3.87. The van der Waals surface area contributed by atoms with Crippen LogP contribution < -0.4 is 5.32 Å². The summed E-state index contributed by atoms with van der Waals surface area (Å²) >= 11 is 6.16. The van der Waals surface area contributed by atoms with Crippen molar-refractivity contribution in [3.63, 3.8) is 0 Å². The Kier molecular flexibility index (Phi) is 7.00. The van der Waals surface area contributed by atoms with Gasteiger partial charge in [0.2, 0.25) is 0 Å². The van der Waals surface area contributed by atoms with Crippen LogP contribution in [-0.4, -0.2) is 47.3 Å². The van der Waals surface area contributed by atoms with E-state index in [1.807, 2.05) is 48.3 Å². The first-order chi connectivity index (χ1) is 13.7. The Balaban J connectivity index is 0.00000240. The number of likely N-dealkylation sites (tertiary alicyclic amines) is 1. The number of carbonyl (C=O) groups excluding carboxylic acids is 1. The maximum Gasteiger partial charge on any atom is 0.274 e. The van der Waals surface area contributed by atoms with Crippen LogP contribution in [0.3, 0.4) is 0 Å². The number of nitrogens with one attached hydrogen (secondary N) is 1. The van der Waals surface area contributed by atoms with Crippen LogP contribution >= 0.6 is 24.0 Å². The first-order valence-corrected chi connectivity index (χ1v) is 9.87. The van der Waals surface area contributed by atoms with Crippen molar-refractivity contribution in [3.8, 4) is 17.1 Å². The summed E-state index contributed by atoms with van der Waals surface area (Å²) in [5.74, 6) is 1.23. The van der Waals surface area contributed by atoms with E-state index in [0.29, 0.717) is 22.4 Å². The maximum atomic E-state index is 13.1. The molecule has 6 nitrogen and oxygen atoms in total. The van der Waals surface area contributed by atoms with Gasteiger partial charge in [0.25, 0.3) is 5.91 Å². The minimum Gasteiger partial charge on any atom is -0.463 e. The van der Waals surface area contributed by atoms with Gasteiger partial charge in [-0.25, -0.2) is 4.68 Å². The van der Waals surface area contributed by atoms with Crippen LogP contribution in [-0.2, 0) is 0 Å². The van der Waals surface area contributed by atoms with Gasteiger partial charge >= 0.3 is 0 Å². The van der Waals surface area contributed by atoms with Gasteiger partial charge in [-0.1, -0.05) is 17.7 Å². The molecule has 29 heavy (non-hydrogen) atoms. The van der Waals surface area contributed by atoms with E-state index in [-0.39, 0.29) is 18.3 Å². The Morgan fingerprint density at radius 1 is 1.24 bits per heavy atom. The van der Waals surface area contributed by atoms with Crippen molar-refractivity contribution in [2.24, 2.45) is 5.92 Å². The lowest BCUT2D eigenvalue weighted by Gasteiger charge is -2.31. The third-order valence-electron chi connectivity index (χ3n) is 5.15. The molecule has 0 aliphatic carbocycles. The molecule has 3 aromatic rings. The Labute approximate surface area is 181 Å². The molecule has 0 spiro atoms. The molecule has 0 saturated carbocycles. The fraction of sp³-hybridized carbons (Fsp3) is 0.333. The van der Waals surface area contributed by atoms with Crippen molar-refractivity contribution in [1.29, 1.82) is 0 Å². The molecular formula is C21H24Cl2N4O2. The highest BCUT2D eigenvalue weighted by Gasteiger charge is 2.26. The van der Waals surface area contributed by atoms with Gasteiger partial charge in [-0.05, 0) is 62.7 Å². The molecule has 1 aromatic carbocycles. The summed E-state index contributed by atoms with van der Waals surface area (Å²) in [5, 5.41) is 8.43. The first kappa shape index (κ1) is 21.4. The number of hydrogen-bond acceptors (Lipinski definition) is 4. The number of halogens is 2. The van der Waals surface area contributed by atoms with E-state index in [0.717, 1.165) is 43.9 Å². The molecule has 1 fully saturated rings. The van der Waals surface area contributed by atoms with Crippen LogP contribution in [0.25, 0.3) is 17.1 Å². The van der Waals surface area contributed by atoms with Crippen LogP contribution in [0.5, 0.6) is 0 Å². The molecule has 0 unspecified atom stereocenters. The van der Waals surface area contributed by atoms with E-state index >= 15 is 0 Å². The molecule has 3 heterocycles. The van der Waals surface area contributed by atoms with Gasteiger partial charge in [-0.2, -0.15) is 5.10 Å². The number of carbonyl (C=O) groups is 1.